The highest BCUT2D eigenvalue weighted by molar-refractivity contribution is 7.47. The number of allylic oxidation sites excluding steroid dienone is 16. The molecule has 19 heteroatoms. The Hall–Kier alpha value is -4.02. The van der Waals surface area contributed by atoms with Crippen molar-refractivity contribution in [3.8, 4) is 0 Å². The van der Waals surface area contributed by atoms with Crippen LogP contribution in [-0.2, 0) is 65.4 Å². The molecular weight excluding hydrogens is 1310 g/mol. The molecular formula is C81H142O17P2. The number of carbonyl (C=O) groups is 4. The minimum Gasteiger partial charge on any atom is -0.462 e. The van der Waals surface area contributed by atoms with E-state index in [0.717, 1.165) is 141 Å². The van der Waals surface area contributed by atoms with Crippen molar-refractivity contribution < 1.29 is 80.2 Å². The lowest BCUT2D eigenvalue weighted by atomic mass is 10.1. The molecule has 0 saturated carbocycles. The number of aliphatic hydroxyl groups is 1. The molecule has 0 aliphatic carbocycles. The number of unbranched alkanes of at least 4 members (excludes halogenated alkanes) is 32. The number of phosphoric ester groups is 2. The number of esters is 4. The topological polar surface area (TPSA) is 237 Å². The highest BCUT2D eigenvalue weighted by Gasteiger charge is 2.30. The van der Waals surface area contributed by atoms with E-state index in [2.05, 4.69) is 113 Å². The van der Waals surface area contributed by atoms with Crippen molar-refractivity contribution in [3.05, 3.63) is 97.2 Å². The summed E-state index contributed by atoms with van der Waals surface area (Å²) < 4.78 is 68.4. The molecule has 578 valence electrons. The molecule has 3 N–H and O–H groups in total. The van der Waals surface area contributed by atoms with E-state index in [9.17, 15) is 43.2 Å². The van der Waals surface area contributed by atoms with E-state index in [1.54, 1.807) is 0 Å². The van der Waals surface area contributed by atoms with E-state index in [1.807, 2.05) is 12.2 Å². The molecule has 17 nitrogen and oxygen atoms in total. The fraction of sp³-hybridized carbons (Fsp3) is 0.753. The molecule has 100 heavy (non-hydrogen) atoms. The van der Waals surface area contributed by atoms with E-state index in [1.165, 1.54) is 109 Å². The Morgan fingerprint density at radius 1 is 0.280 bits per heavy atom. The molecule has 0 saturated heterocycles. The van der Waals surface area contributed by atoms with Gasteiger partial charge >= 0.3 is 39.5 Å². The molecule has 0 aromatic carbocycles. The second-order valence-electron chi connectivity index (χ2n) is 26.3. The Morgan fingerprint density at radius 2 is 0.510 bits per heavy atom. The maximum absolute atomic E-state index is 13.1. The third kappa shape index (κ3) is 72.3. The first-order valence-electron chi connectivity index (χ1n) is 39.5. The van der Waals surface area contributed by atoms with Gasteiger partial charge in [-0.2, -0.15) is 0 Å². The zero-order valence-electron chi connectivity index (χ0n) is 63.1. The summed E-state index contributed by atoms with van der Waals surface area (Å²) in [5.74, 6) is -2.29. The minimum absolute atomic E-state index is 0.0366. The lowest BCUT2D eigenvalue weighted by molar-refractivity contribution is -0.161. The fourth-order valence-electron chi connectivity index (χ4n) is 10.4. The highest BCUT2D eigenvalue weighted by atomic mass is 31.2. The summed E-state index contributed by atoms with van der Waals surface area (Å²) in [4.78, 5) is 72.9. The standard InChI is InChI=1S/C81H142O17P2/c1-5-9-13-17-21-25-29-33-35-36-37-38-40-43-46-50-54-58-62-66-79(84)92-72-76(97-80(85)67-63-59-55-51-47-42-32-28-24-20-16-12-8-4)73-95-99(87,88)93-69-75(82)70-94-100(89,90)96-74-77(71-91-78(83)65-61-57-53-49-45-41-31-27-23-19-15-11-7-3)98-81(86)68-64-60-56-52-48-44-39-34-30-26-22-18-14-10-6-2/h21,25,27-28,31-35,37-39,43,46,54,58,75-77,82H,5-20,22-24,26,29-30,36,40-42,44-45,47-53,55-57,59-74H2,1-4H3,(H,87,88)(H,89,90)/b25-21-,31-27-,32-28-,35-33-,38-37-,39-34-,46-43-,58-54-/t75-,76-,77-/m1/s1. The monoisotopic (exact) mass is 1450 g/mol. The van der Waals surface area contributed by atoms with Gasteiger partial charge in [0.25, 0.3) is 0 Å². The predicted molar refractivity (Wildman–Crippen MR) is 409 cm³/mol. The van der Waals surface area contributed by atoms with Gasteiger partial charge in [0.2, 0.25) is 0 Å². The number of carbonyl (C=O) groups excluding carboxylic acids is 4. The van der Waals surface area contributed by atoms with Crippen molar-refractivity contribution in [1.29, 1.82) is 0 Å². The number of phosphoric acid groups is 2. The highest BCUT2D eigenvalue weighted by Crippen LogP contribution is 2.45. The van der Waals surface area contributed by atoms with Crippen LogP contribution in [0.3, 0.4) is 0 Å². The Labute approximate surface area is 607 Å². The summed E-state index contributed by atoms with van der Waals surface area (Å²) >= 11 is 0. The maximum Gasteiger partial charge on any atom is 0.472 e. The Morgan fingerprint density at radius 3 is 0.850 bits per heavy atom. The van der Waals surface area contributed by atoms with Crippen molar-refractivity contribution in [1.82, 2.24) is 0 Å². The van der Waals surface area contributed by atoms with Crippen molar-refractivity contribution in [3.63, 3.8) is 0 Å². The lowest BCUT2D eigenvalue weighted by Gasteiger charge is -2.21. The van der Waals surface area contributed by atoms with Gasteiger partial charge in [-0.05, 0) is 141 Å². The Balaban J connectivity index is 5.40. The third-order valence-corrected chi connectivity index (χ3v) is 18.4. The molecule has 0 bridgehead atoms. The Kier molecular flexibility index (Phi) is 70.4. The van der Waals surface area contributed by atoms with Gasteiger partial charge in [0.05, 0.1) is 26.4 Å². The second kappa shape index (κ2) is 73.3. The molecule has 5 atom stereocenters. The number of rotatable bonds is 74. The minimum atomic E-state index is -4.99. The Bertz CT molecular complexity index is 2270. The molecule has 0 spiro atoms. The van der Waals surface area contributed by atoms with Gasteiger partial charge in [-0.15, -0.1) is 0 Å². The van der Waals surface area contributed by atoms with E-state index in [0.29, 0.717) is 32.1 Å². The molecule has 0 aromatic heterocycles. The molecule has 0 heterocycles. The average Bonchev–Trinajstić information content (AvgIpc) is 0.924. The second-order valence-corrected chi connectivity index (χ2v) is 29.2. The molecule has 0 fully saturated rings. The van der Waals surface area contributed by atoms with Gasteiger partial charge in [0.15, 0.2) is 12.2 Å². The van der Waals surface area contributed by atoms with E-state index in [4.69, 9.17) is 37.0 Å². The first-order chi connectivity index (χ1) is 48.7. The van der Waals surface area contributed by atoms with Crippen molar-refractivity contribution in [2.24, 2.45) is 0 Å². The quantitative estimate of drug-likeness (QED) is 0.0169. The number of hydrogen-bond acceptors (Lipinski definition) is 15. The molecule has 2 unspecified atom stereocenters. The van der Waals surface area contributed by atoms with E-state index in [-0.39, 0.29) is 25.7 Å². The van der Waals surface area contributed by atoms with E-state index >= 15 is 0 Å². The van der Waals surface area contributed by atoms with Crippen LogP contribution in [-0.4, -0.2) is 96.7 Å². The first-order valence-corrected chi connectivity index (χ1v) is 42.5. The molecule has 0 amide bonds. The largest absolute Gasteiger partial charge is 0.472 e. The van der Waals surface area contributed by atoms with Crippen molar-refractivity contribution in [2.75, 3.05) is 39.6 Å². The summed E-state index contributed by atoms with van der Waals surface area (Å²) in [6, 6.07) is 0. The smallest absolute Gasteiger partial charge is 0.462 e. The number of ether oxygens (including phenoxy) is 4. The fourth-order valence-corrected chi connectivity index (χ4v) is 12.0. The van der Waals surface area contributed by atoms with Crippen LogP contribution in [0.2, 0.25) is 0 Å². The summed E-state index contributed by atoms with van der Waals surface area (Å²) in [6.45, 7) is 4.73. The summed E-state index contributed by atoms with van der Waals surface area (Å²) in [5, 5.41) is 10.6. The zero-order chi connectivity index (χ0) is 73.2. The summed E-state index contributed by atoms with van der Waals surface area (Å²) in [7, 11) is -9.97. The predicted octanol–water partition coefficient (Wildman–Crippen LogP) is 22.8. The van der Waals surface area contributed by atoms with Crippen LogP contribution in [0.15, 0.2) is 97.2 Å². The van der Waals surface area contributed by atoms with Gasteiger partial charge in [-0.25, -0.2) is 9.13 Å². The summed E-state index contributed by atoms with van der Waals surface area (Å²) in [5.41, 5.74) is 0. The van der Waals surface area contributed by atoms with Crippen LogP contribution in [0.25, 0.3) is 0 Å². The van der Waals surface area contributed by atoms with Crippen molar-refractivity contribution in [2.45, 2.75) is 354 Å². The third-order valence-electron chi connectivity index (χ3n) is 16.5. The van der Waals surface area contributed by atoms with Gasteiger partial charge in [0.1, 0.15) is 19.3 Å². The van der Waals surface area contributed by atoms with Gasteiger partial charge in [-0.3, -0.25) is 37.3 Å². The molecule has 0 aliphatic heterocycles. The molecule has 0 rings (SSSR count). The normalized spacial score (nSPS) is 14.4. The van der Waals surface area contributed by atoms with Gasteiger partial charge in [0, 0.05) is 25.7 Å². The average molecular weight is 1450 g/mol. The zero-order valence-corrected chi connectivity index (χ0v) is 64.9. The van der Waals surface area contributed by atoms with Crippen LogP contribution in [0.5, 0.6) is 0 Å². The number of aliphatic hydroxyl groups excluding tert-OH is 1. The summed E-state index contributed by atoms with van der Waals surface area (Å²) in [6.07, 6.45) is 76.9. The maximum atomic E-state index is 13.1. The van der Waals surface area contributed by atoms with E-state index < -0.39 is 97.5 Å². The molecule has 0 aliphatic rings. The van der Waals surface area contributed by atoms with Crippen LogP contribution in [0, 0.1) is 0 Å². The number of hydrogen-bond donors (Lipinski definition) is 3. The SMILES string of the molecule is CCCCC/C=C\C/C=C\C/C=C\C/C=C\C/C=C\CCC(=O)OC[C@H](COP(=O)(O)OC[C@@H](O)COP(=O)(O)OC[C@@H](COC(=O)CCCCCCC/C=C\CCCCCC)OC(=O)CCCCCCC/C=C\CCCCCCCC)OC(=O)CCCCCCC/C=C\CCCCCC. The van der Waals surface area contributed by atoms with Crippen LogP contribution in [0.1, 0.15) is 336 Å². The lowest BCUT2D eigenvalue weighted by Crippen LogP contribution is -2.30. The van der Waals surface area contributed by atoms with Crippen LogP contribution >= 0.6 is 15.6 Å². The van der Waals surface area contributed by atoms with Crippen LogP contribution in [0.4, 0.5) is 0 Å². The van der Waals surface area contributed by atoms with Gasteiger partial charge < -0.3 is 33.8 Å². The molecule has 0 radical (unpaired) electrons. The van der Waals surface area contributed by atoms with Crippen LogP contribution < -0.4 is 0 Å². The molecule has 0 aromatic rings. The first kappa shape index (κ1) is 96.0. The van der Waals surface area contributed by atoms with Gasteiger partial charge in [-0.1, -0.05) is 266 Å². The van der Waals surface area contributed by atoms with Crippen molar-refractivity contribution >= 4 is 39.5 Å².